The van der Waals surface area contributed by atoms with Crippen LogP contribution in [0.5, 0.6) is 0 Å². The lowest BCUT2D eigenvalue weighted by atomic mass is 10.0. The maximum atomic E-state index is 6.44. The van der Waals surface area contributed by atoms with Gasteiger partial charge in [0.05, 0.1) is 6.04 Å². The van der Waals surface area contributed by atoms with Crippen LogP contribution in [0.2, 0.25) is 9.36 Å². The third kappa shape index (κ3) is 3.34. The molecule has 2 aromatic rings. The van der Waals surface area contributed by atoms with E-state index in [-0.39, 0.29) is 6.04 Å². The summed E-state index contributed by atoms with van der Waals surface area (Å²) in [5, 5.41) is 4.28. The third-order valence-electron chi connectivity index (χ3n) is 2.89. The van der Waals surface area contributed by atoms with Crippen LogP contribution in [-0.4, -0.2) is 6.54 Å². The lowest BCUT2D eigenvalue weighted by Crippen LogP contribution is -2.21. The standard InChI is InChI=1S/C14H14BrCl2NS/c1-3-18-13(11-7-10(15)14(17)19-11)9-6-4-5-8(2)12(9)16/h4-7,13,18H,3H2,1-2H3. The van der Waals surface area contributed by atoms with Gasteiger partial charge in [-0.3, -0.25) is 0 Å². The predicted molar refractivity (Wildman–Crippen MR) is 88.7 cm³/mol. The zero-order valence-corrected chi connectivity index (χ0v) is 14.6. The molecule has 1 atom stereocenters. The zero-order chi connectivity index (χ0) is 14.0. The van der Waals surface area contributed by atoms with E-state index in [1.165, 1.54) is 0 Å². The third-order valence-corrected chi connectivity index (χ3v) is 5.95. The Morgan fingerprint density at radius 3 is 2.68 bits per heavy atom. The molecule has 1 unspecified atom stereocenters. The first-order valence-corrected chi connectivity index (χ1v) is 8.34. The number of rotatable bonds is 4. The number of halogens is 3. The van der Waals surface area contributed by atoms with Crippen molar-refractivity contribution in [1.29, 1.82) is 0 Å². The molecule has 0 aliphatic heterocycles. The highest BCUT2D eigenvalue weighted by atomic mass is 79.9. The van der Waals surface area contributed by atoms with Gasteiger partial charge in [-0.1, -0.05) is 48.3 Å². The second-order valence-corrected chi connectivity index (χ2v) is 7.16. The van der Waals surface area contributed by atoms with Crippen molar-refractivity contribution >= 4 is 50.5 Å². The van der Waals surface area contributed by atoms with Crippen molar-refractivity contribution in [3.05, 3.63) is 54.1 Å². The fraction of sp³-hybridized carbons (Fsp3) is 0.286. The van der Waals surface area contributed by atoms with Gasteiger partial charge >= 0.3 is 0 Å². The fourth-order valence-corrected chi connectivity index (χ4v) is 4.03. The molecule has 0 radical (unpaired) electrons. The number of aryl methyl sites for hydroxylation is 1. The second-order valence-electron chi connectivity index (χ2n) is 4.24. The van der Waals surface area contributed by atoms with Crippen LogP contribution in [0.25, 0.3) is 0 Å². The van der Waals surface area contributed by atoms with E-state index in [0.717, 1.165) is 36.4 Å². The Morgan fingerprint density at radius 1 is 1.37 bits per heavy atom. The van der Waals surface area contributed by atoms with Crippen molar-refractivity contribution < 1.29 is 0 Å². The molecular formula is C14H14BrCl2NS. The lowest BCUT2D eigenvalue weighted by molar-refractivity contribution is 0.639. The summed E-state index contributed by atoms with van der Waals surface area (Å²) in [5.74, 6) is 0. The van der Waals surface area contributed by atoms with Gasteiger partial charge in [0.25, 0.3) is 0 Å². The molecule has 2 rings (SSSR count). The van der Waals surface area contributed by atoms with Gasteiger partial charge in [-0.25, -0.2) is 0 Å². The molecule has 1 aromatic heterocycles. The monoisotopic (exact) mass is 377 g/mol. The Labute approximate surface area is 136 Å². The molecule has 102 valence electrons. The first-order valence-electron chi connectivity index (χ1n) is 5.97. The molecule has 0 aliphatic carbocycles. The molecule has 0 spiro atoms. The van der Waals surface area contributed by atoms with E-state index in [0.29, 0.717) is 0 Å². The van der Waals surface area contributed by atoms with E-state index in [4.69, 9.17) is 23.2 Å². The smallest absolute Gasteiger partial charge is 0.107 e. The van der Waals surface area contributed by atoms with Crippen molar-refractivity contribution in [1.82, 2.24) is 5.32 Å². The number of thiophene rings is 1. The average Bonchev–Trinajstić information content (AvgIpc) is 2.70. The minimum absolute atomic E-state index is 0.0752. The highest BCUT2D eigenvalue weighted by Gasteiger charge is 2.20. The van der Waals surface area contributed by atoms with Gasteiger partial charge in [0.2, 0.25) is 0 Å². The van der Waals surface area contributed by atoms with Gasteiger partial charge in [0, 0.05) is 14.4 Å². The molecule has 5 heteroatoms. The summed E-state index contributed by atoms with van der Waals surface area (Å²) in [7, 11) is 0. The van der Waals surface area contributed by atoms with Crippen molar-refractivity contribution in [2.75, 3.05) is 6.54 Å². The molecule has 0 saturated carbocycles. The maximum absolute atomic E-state index is 6.44. The van der Waals surface area contributed by atoms with Crippen LogP contribution in [0.3, 0.4) is 0 Å². The van der Waals surface area contributed by atoms with E-state index >= 15 is 0 Å². The normalized spacial score (nSPS) is 12.7. The first-order chi connectivity index (χ1) is 9.04. The summed E-state index contributed by atoms with van der Waals surface area (Å²) in [6.45, 7) is 4.97. The van der Waals surface area contributed by atoms with Crippen LogP contribution in [0.15, 0.2) is 28.7 Å². The minimum Gasteiger partial charge on any atom is -0.306 e. The molecule has 1 N–H and O–H groups in total. The van der Waals surface area contributed by atoms with E-state index in [1.54, 1.807) is 11.3 Å². The summed E-state index contributed by atoms with van der Waals surface area (Å²) < 4.78 is 1.70. The van der Waals surface area contributed by atoms with Crippen molar-refractivity contribution in [3.8, 4) is 0 Å². The summed E-state index contributed by atoms with van der Waals surface area (Å²) in [4.78, 5) is 1.16. The Morgan fingerprint density at radius 2 is 2.11 bits per heavy atom. The topological polar surface area (TPSA) is 12.0 Å². The molecule has 1 nitrogen and oxygen atoms in total. The van der Waals surface area contributed by atoms with Gasteiger partial charge in [0.15, 0.2) is 0 Å². The van der Waals surface area contributed by atoms with E-state index in [2.05, 4.69) is 40.3 Å². The van der Waals surface area contributed by atoms with Gasteiger partial charge < -0.3 is 5.32 Å². The van der Waals surface area contributed by atoms with Crippen molar-refractivity contribution in [2.24, 2.45) is 0 Å². The first kappa shape index (κ1) is 15.3. The maximum Gasteiger partial charge on any atom is 0.107 e. The molecule has 0 aliphatic rings. The summed E-state index contributed by atoms with van der Waals surface area (Å²) in [5.41, 5.74) is 2.18. The Hall–Kier alpha value is -0.0600. The van der Waals surface area contributed by atoms with Crippen molar-refractivity contribution in [3.63, 3.8) is 0 Å². The second kappa shape index (κ2) is 6.59. The van der Waals surface area contributed by atoms with E-state index in [9.17, 15) is 0 Å². The molecule has 0 amide bonds. The van der Waals surface area contributed by atoms with Gasteiger partial charge in [-0.05, 0) is 46.6 Å². The van der Waals surface area contributed by atoms with Crippen LogP contribution < -0.4 is 5.32 Å². The zero-order valence-electron chi connectivity index (χ0n) is 10.6. The highest BCUT2D eigenvalue weighted by molar-refractivity contribution is 9.10. The molecule has 0 bridgehead atoms. The number of hydrogen-bond donors (Lipinski definition) is 1. The van der Waals surface area contributed by atoms with Crippen molar-refractivity contribution in [2.45, 2.75) is 19.9 Å². The quantitative estimate of drug-likeness (QED) is 0.706. The lowest BCUT2D eigenvalue weighted by Gasteiger charge is -2.19. The molecule has 1 aromatic carbocycles. The van der Waals surface area contributed by atoms with Gasteiger partial charge in [-0.2, -0.15) is 0 Å². The summed E-state index contributed by atoms with van der Waals surface area (Å²) in [6.07, 6.45) is 0. The molecule has 0 saturated heterocycles. The van der Waals surface area contributed by atoms with Crippen LogP contribution >= 0.6 is 50.5 Å². The largest absolute Gasteiger partial charge is 0.306 e. The van der Waals surface area contributed by atoms with Gasteiger partial charge in [-0.15, -0.1) is 11.3 Å². The van der Waals surface area contributed by atoms with Gasteiger partial charge in [0.1, 0.15) is 4.34 Å². The predicted octanol–water partition coefficient (Wildman–Crippen LogP) is 5.82. The SMILES string of the molecule is CCNC(c1cc(Br)c(Cl)s1)c1cccc(C)c1Cl. The van der Waals surface area contributed by atoms with Crippen LogP contribution in [-0.2, 0) is 0 Å². The Kier molecular flexibility index (Phi) is 5.32. The van der Waals surface area contributed by atoms with E-state index < -0.39 is 0 Å². The fourth-order valence-electron chi connectivity index (χ4n) is 1.97. The summed E-state index contributed by atoms with van der Waals surface area (Å²) >= 11 is 17.6. The molecule has 0 fully saturated rings. The summed E-state index contributed by atoms with van der Waals surface area (Å²) in [6, 6.07) is 8.24. The molecule has 1 heterocycles. The number of benzene rings is 1. The van der Waals surface area contributed by atoms with Crippen LogP contribution in [0.4, 0.5) is 0 Å². The number of hydrogen-bond acceptors (Lipinski definition) is 2. The van der Waals surface area contributed by atoms with E-state index in [1.807, 2.05) is 19.1 Å². The number of nitrogens with one attached hydrogen (secondary N) is 1. The minimum atomic E-state index is 0.0752. The average molecular weight is 379 g/mol. The Bertz CT molecular complexity index is 563. The Balaban J connectivity index is 2.48. The molecular weight excluding hydrogens is 365 g/mol. The van der Waals surface area contributed by atoms with Crippen LogP contribution in [0, 0.1) is 6.92 Å². The van der Waals surface area contributed by atoms with Crippen LogP contribution in [0.1, 0.15) is 29.0 Å². The molecule has 19 heavy (non-hydrogen) atoms. The highest BCUT2D eigenvalue weighted by Crippen LogP contribution is 2.39.